The Morgan fingerprint density at radius 1 is 1.35 bits per heavy atom. The van der Waals surface area contributed by atoms with E-state index in [-0.39, 0.29) is 10.5 Å². The molecule has 0 radical (unpaired) electrons. The number of hydrogen-bond acceptors (Lipinski definition) is 4. The summed E-state index contributed by atoms with van der Waals surface area (Å²) < 4.78 is 26.6. The van der Waals surface area contributed by atoms with Crippen LogP contribution in [0.15, 0.2) is 29.2 Å². The van der Waals surface area contributed by atoms with Crippen molar-refractivity contribution in [3.05, 3.63) is 29.8 Å². The van der Waals surface area contributed by atoms with Gasteiger partial charge in [-0.2, -0.15) is 9.98 Å². The number of rotatable bonds is 4. The Kier molecular flexibility index (Phi) is 4.53. The summed E-state index contributed by atoms with van der Waals surface area (Å²) >= 11 is 0. The van der Waals surface area contributed by atoms with Gasteiger partial charge in [-0.1, -0.05) is 32.9 Å². The molecule has 1 aromatic rings. The van der Waals surface area contributed by atoms with Crippen molar-refractivity contribution < 1.29 is 18.3 Å². The Morgan fingerprint density at radius 3 is 2.35 bits per heavy atom. The van der Waals surface area contributed by atoms with E-state index in [2.05, 4.69) is 4.72 Å². The molecule has 0 saturated heterocycles. The molecule has 1 aromatic carbocycles. The highest BCUT2D eigenvalue weighted by atomic mass is 32.2. The SMILES string of the molecule is CC(C)(C)[C@H](NS(=O)(=O)c1ccccc1C#N)C(=O)O. The van der Waals surface area contributed by atoms with Gasteiger partial charge in [0, 0.05) is 0 Å². The Morgan fingerprint density at radius 2 is 1.90 bits per heavy atom. The largest absolute Gasteiger partial charge is 0.480 e. The van der Waals surface area contributed by atoms with Gasteiger partial charge in [-0.3, -0.25) is 4.79 Å². The van der Waals surface area contributed by atoms with Crippen molar-refractivity contribution in [3.8, 4) is 6.07 Å². The topological polar surface area (TPSA) is 107 Å². The average molecular weight is 296 g/mol. The van der Waals surface area contributed by atoms with E-state index in [1.54, 1.807) is 26.8 Å². The summed E-state index contributed by atoms with van der Waals surface area (Å²) in [5.74, 6) is -1.27. The minimum absolute atomic E-state index is 0.0296. The maximum Gasteiger partial charge on any atom is 0.322 e. The fraction of sp³-hybridized carbons (Fsp3) is 0.385. The highest BCUT2D eigenvalue weighted by molar-refractivity contribution is 7.89. The number of nitriles is 1. The van der Waals surface area contributed by atoms with E-state index < -0.39 is 27.4 Å². The molecule has 0 amide bonds. The summed E-state index contributed by atoms with van der Waals surface area (Å²) in [5.41, 5.74) is -0.835. The van der Waals surface area contributed by atoms with Gasteiger partial charge in [0.2, 0.25) is 10.0 Å². The maximum atomic E-state index is 12.2. The number of nitrogens with zero attached hydrogens (tertiary/aromatic N) is 1. The molecule has 0 aromatic heterocycles. The third-order valence-electron chi connectivity index (χ3n) is 2.68. The Balaban J connectivity index is 3.25. The van der Waals surface area contributed by atoms with Crippen LogP contribution in [-0.4, -0.2) is 25.5 Å². The van der Waals surface area contributed by atoms with E-state index >= 15 is 0 Å². The highest BCUT2D eigenvalue weighted by Crippen LogP contribution is 2.22. The first-order valence-corrected chi connectivity index (χ1v) is 7.32. The number of nitrogens with one attached hydrogen (secondary N) is 1. The summed E-state index contributed by atoms with van der Waals surface area (Å²) in [4.78, 5) is 11.0. The smallest absolute Gasteiger partial charge is 0.322 e. The van der Waals surface area contributed by atoms with Gasteiger partial charge in [0.25, 0.3) is 0 Å². The molecule has 0 heterocycles. The lowest BCUT2D eigenvalue weighted by Gasteiger charge is -2.27. The lowest BCUT2D eigenvalue weighted by Crippen LogP contribution is -2.49. The van der Waals surface area contributed by atoms with E-state index in [9.17, 15) is 13.2 Å². The van der Waals surface area contributed by atoms with Crippen LogP contribution in [-0.2, 0) is 14.8 Å². The van der Waals surface area contributed by atoms with Gasteiger partial charge in [0.05, 0.1) is 10.5 Å². The van der Waals surface area contributed by atoms with E-state index in [1.165, 1.54) is 24.3 Å². The lowest BCUT2D eigenvalue weighted by molar-refractivity contribution is -0.141. The number of hydrogen-bond donors (Lipinski definition) is 2. The first kappa shape index (κ1) is 16.1. The Bertz CT molecular complexity index is 654. The summed E-state index contributed by atoms with van der Waals surface area (Å²) in [6.07, 6.45) is 0. The van der Waals surface area contributed by atoms with Crippen molar-refractivity contribution in [1.29, 1.82) is 5.26 Å². The monoisotopic (exact) mass is 296 g/mol. The zero-order chi connectivity index (χ0) is 15.6. The van der Waals surface area contributed by atoms with Crippen LogP contribution < -0.4 is 4.72 Å². The van der Waals surface area contributed by atoms with Gasteiger partial charge in [-0.05, 0) is 17.5 Å². The standard InChI is InChI=1S/C13H16N2O4S/c1-13(2,3)11(12(16)17)15-20(18,19)10-7-5-4-6-9(10)8-14/h4-7,11,15H,1-3H3,(H,16,17)/t11-/m1/s1. The molecule has 0 aliphatic rings. The molecule has 0 fully saturated rings. The average Bonchev–Trinajstić information content (AvgIpc) is 2.34. The molecule has 6 nitrogen and oxygen atoms in total. The fourth-order valence-electron chi connectivity index (χ4n) is 1.61. The van der Waals surface area contributed by atoms with E-state index in [0.29, 0.717) is 0 Å². The molecular weight excluding hydrogens is 280 g/mol. The molecule has 1 rings (SSSR count). The predicted molar refractivity (Wildman–Crippen MR) is 72.4 cm³/mol. The van der Waals surface area contributed by atoms with Crippen LogP contribution in [0.25, 0.3) is 0 Å². The van der Waals surface area contributed by atoms with Crippen molar-refractivity contribution in [2.75, 3.05) is 0 Å². The van der Waals surface area contributed by atoms with Crippen molar-refractivity contribution in [2.45, 2.75) is 31.7 Å². The fourth-order valence-corrected chi connectivity index (χ4v) is 3.16. The van der Waals surface area contributed by atoms with Crippen molar-refractivity contribution in [2.24, 2.45) is 5.41 Å². The second kappa shape index (κ2) is 5.61. The summed E-state index contributed by atoms with van der Waals surface area (Å²) in [6, 6.07) is 6.12. The van der Waals surface area contributed by atoms with E-state index in [1.807, 2.05) is 0 Å². The molecule has 0 unspecified atom stereocenters. The Labute approximate surface area is 118 Å². The van der Waals surface area contributed by atoms with Crippen LogP contribution >= 0.6 is 0 Å². The van der Waals surface area contributed by atoms with Gasteiger partial charge in [-0.15, -0.1) is 0 Å². The molecule has 108 valence electrons. The summed E-state index contributed by atoms with van der Waals surface area (Å²) in [5, 5.41) is 18.1. The predicted octanol–water partition coefficient (Wildman–Crippen LogP) is 1.34. The molecule has 20 heavy (non-hydrogen) atoms. The molecule has 0 bridgehead atoms. The molecule has 0 aliphatic heterocycles. The number of aliphatic carboxylic acids is 1. The number of carboxylic acids is 1. The number of benzene rings is 1. The van der Waals surface area contributed by atoms with Gasteiger partial charge < -0.3 is 5.11 Å². The summed E-state index contributed by atoms with van der Waals surface area (Å²) in [7, 11) is -4.08. The molecular formula is C13H16N2O4S. The number of carbonyl (C=O) groups is 1. The van der Waals surface area contributed by atoms with Crippen LogP contribution in [0.3, 0.4) is 0 Å². The quantitative estimate of drug-likeness (QED) is 0.871. The number of carboxylic acid groups (broad SMARTS) is 1. The van der Waals surface area contributed by atoms with Crippen LogP contribution in [0.1, 0.15) is 26.3 Å². The van der Waals surface area contributed by atoms with Gasteiger partial charge in [-0.25, -0.2) is 8.42 Å². The minimum atomic E-state index is -4.08. The zero-order valence-corrected chi connectivity index (χ0v) is 12.2. The second-order valence-corrected chi connectivity index (χ2v) is 7.05. The van der Waals surface area contributed by atoms with Gasteiger partial charge in [0.15, 0.2) is 0 Å². The maximum absolute atomic E-state index is 12.2. The van der Waals surface area contributed by atoms with E-state index in [4.69, 9.17) is 10.4 Å². The van der Waals surface area contributed by atoms with Crippen LogP contribution in [0.4, 0.5) is 0 Å². The molecule has 0 saturated carbocycles. The van der Waals surface area contributed by atoms with Gasteiger partial charge >= 0.3 is 5.97 Å². The molecule has 2 N–H and O–H groups in total. The van der Waals surface area contributed by atoms with E-state index in [0.717, 1.165) is 0 Å². The highest BCUT2D eigenvalue weighted by Gasteiger charge is 2.35. The van der Waals surface area contributed by atoms with Crippen molar-refractivity contribution >= 4 is 16.0 Å². The summed E-state index contributed by atoms with van der Waals surface area (Å²) in [6.45, 7) is 4.85. The molecule has 7 heteroatoms. The van der Waals surface area contributed by atoms with Crippen LogP contribution in [0, 0.1) is 16.7 Å². The minimum Gasteiger partial charge on any atom is -0.480 e. The first-order valence-electron chi connectivity index (χ1n) is 5.84. The third-order valence-corrected chi connectivity index (χ3v) is 4.16. The zero-order valence-electron chi connectivity index (χ0n) is 11.4. The second-order valence-electron chi connectivity index (χ2n) is 5.37. The van der Waals surface area contributed by atoms with Crippen LogP contribution in [0.2, 0.25) is 0 Å². The van der Waals surface area contributed by atoms with Gasteiger partial charge in [0.1, 0.15) is 12.1 Å². The normalized spacial score (nSPS) is 13.5. The van der Waals surface area contributed by atoms with Crippen LogP contribution in [0.5, 0.6) is 0 Å². The molecule has 0 spiro atoms. The lowest BCUT2D eigenvalue weighted by atomic mass is 9.88. The Hall–Kier alpha value is -1.91. The number of sulfonamides is 1. The molecule has 0 aliphatic carbocycles. The first-order chi connectivity index (χ1) is 9.09. The van der Waals surface area contributed by atoms with Crippen molar-refractivity contribution in [3.63, 3.8) is 0 Å². The molecule has 1 atom stereocenters. The third kappa shape index (κ3) is 3.56. The van der Waals surface area contributed by atoms with Crippen molar-refractivity contribution in [1.82, 2.24) is 4.72 Å².